The highest BCUT2D eigenvalue weighted by molar-refractivity contribution is 6.88. The predicted octanol–water partition coefficient (Wildman–Crippen LogP) is 9.52. The Balaban J connectivity index is 3.36. The third-order valence-corrected chi connectivity index (χ3v) is 20.7. The van der Waals surface area contributed by atoms with Crippen LogP contribution >= 0.6 is 0 Å². The molecular weight excluding hydrogens is 396 g/mol. The second-order valence-corrected chi connectivity index (χ2v) is 23.3. The van der Waals surface area contributed by atoms with Crippen molar-refractivity contribution >= 4 is 16.4 Å². The quantitative estimate of drug-likeness (QED) is 0.343. The maximum Gasteiger partial charge on any atom is 0.207 e. The molecule has 0 fully saturated rings. The molecule has 0 saturated heterocycles. The summed E-state index contributed by atoms with van der Waals surface area (Å²) in [6, 6.07) is 11.8. The Labute approximate surface area is 190 Å². The minimum absolute atomic E-state index is 0.155. The van der Waals surface area contributed by atoms with Crippen molar-refractivity contribution in [3.63, 3.8) is 0 Å². The first kappa shape index (κ1) is 27.4. The molecule has 0 aliphatic heterocycles. The van der Waals surface area contributed by atoms with Crippen LogP contribution in [0.2, 0.25) is 32.7 Å². The van der Waals surface area contributed by atoms with Gasteiger partial charge in [0.05, 0.1) is 14.7 Å². The monoisotopic (exact) mass is 446 g/mol. The molecule has 0 radical (unpaired) electrons. The highest BCUT2D eigenvalue weighted by Gasteiger charge is 2.54. The summed E-state index contributed by atoms with van der Waals surface area (Å²) in [6.07, 6.45) is 2.57. The Morgan fingerprint density at radius 2 is 1.20 bits per heavy atom. The number of rotatable bonds is 9. The van der Waals surface area contributed by atoms with E-state index in [2.05, 4.69) is 125 Å². The van der Waals surface area contributed by atoms with E-state index in [4.69, 9.17) is 4.43 Å². The van der Waals surface area contributed by atoms with Crippen LogP contribution in [-0.4, -0.2) is 16.4 Å². The number of hydrogen-bond donors (Lipinski definition) is 0. The molecule has 0 saturated carbocycles. The van der Waals surface area contributed by atoms with Crippen LogP contribution in [0.1, 0.15) is 88.6 Å². The smallest absolute Gasteiger partial charge is 0.207 e. The molecule has 0 aromatic heterocycles. The summed E-state index contributed by atoms with van der Waals surface area (Å²) in [5.74, 6) is 0. The molecule has 0 unspecified atom stereocenters. The lowest BCUT2D eigenvalue weighted by Crippen LogP contribution is -2.54. The summed E-state index contributed by atoms with van der Waals surface area (Å²) in [6.45, 7) is 29.8. The Morgan fingerprint density at radius 3 is 1.57 bits per heavy atom. The zero-order chi connectivity index (χ0) is 23.4. The van der Waals surface area contributed by atoms with Gasteiger partial charge in [-0.15, -0.1) is 0 Å². The zero-order valence-electron chi connectivity index (χ0n) is 22.1. The van der Waals surface area contributed by atoms with E-state index in [0.717, 1.165) is 29.3 Å². The van der Waals surface area contributed by atoms with Crippen molar-refractivity contribution in [2.75, 3.05) is 0 Å². The van der Waals surface area contributed by atoms with Gasteiger partial charge in [0.1, 0.15) is 0 Å². The van der Waals surface area contributed by atoms with Crippen molar-refractivity contribution in [1.82, 2.24) is 0 Å². The van der Waals surface area contributed by atoms with E-state index in [1.54, 1.807) is 0 Å². The molecule has 3 heteroatoms. The van der Waals surface area contributed by atoms with Gasteiger partial charge in [0.2, 0.25) is 8.32 Å². The minimum atomic E-state index is -2.15. The summed E-state index contributed by atoms with van der Waals surface area (Å²) in [5, 5.41) is 0.310. The minimum Gasteiger partial charge on any atom is -0.411 e. The summed E-state index contributed by atoms with van der Waals surface area (Å²) in [7, 11) is -3.70. The molecule has 1 rings (SSSR count). The Kier molecular flexibility index (Phi) is 9.42. The van der Waals surface area contributed by atoms with Crippen molar-refractivity contribution in [3.05, 3.63) is 47.7 Å². The van der Waals surface area contributed by atoms with E-state index in [1.165, 1.54) is 5.56 Å². The number of hydrogen-bond acceptors (Lipinski definition) is 1. The molecular formula is C27H50OSi2. The van der Waals surface area contributed by atoms with E-state index in [0.29, 0.717) is 0 Å². The molecule has 172 valence electrons. The first-order valence-electron chi connectivity index (χ1n) is 12.0. The molecule has 1 aromatic rings. The number of allylic oxidation sites excluding steroid dienone is 1. The first-order valence-corrected chi connectivity index (χ1v) is 16.4. The summed E-state index contributed by atoms with van der Waals surface area (Å²) in [5.41, 5.74) is 6.23. The molecule has 0 spiro atoms. The maximum absolute atomic E-state index is 7.04. The number of benzene rings is 1. The average molecular weight is 447 g/mol. The summed E-state index contributed by atoms with van der Waals surface area (Å²) in [4.78, 5) is 0. The second-order valence-electron chi connectivity index (χ2n) is 12.2. The zero-order valence-corrected chi connectivity index (χ0v) is 24.1. The molecule has 0 aliphatic carbocycles. The van der Waals surface area contributed by atoms with Gasteiger partial charge in [-0.25, -0.2) is 0 Å². The van der Waals surface area contributed by atoms with Crippen molar-refractivity contribution in [3.8, 4) is 0 Å². The van der Waals surface area contributed by atoms with Crippen LogP contribution in [-0.2, 0) is 11.0 Å². The standard InChI is InChI=1S/C27H50OSi2/c1-22(2)29(23(3)4,24(5)6)19-16-20-30(26(7,8)9,27(10,11)12)28-21-25-17-14-13-15-18-25/h13-19,22-24H,20-21H2,1-12H3/b19-16+. The normalized spacial score (nSPS) is 14.5. The fourth-order valence-electron chi connectivity index (χ4n) is 6.02. The van der Waals surface area contributed by atoms with Gasteiger partial charge < -0.3 is 4.43 Å². The largest absolute Gasteiger partial charge is 0.411 e. The highest BCUT2D eigenvalue weighted by atomic mass is 28.4. The van der Waals surface area contributed by atoms with Crippen molar-refractivity contribution in [2.24, 2.45) is 0 Å². The summed E-state index contributed by atoms with van der Waals surface area (Å²) >= 11 is 0. The van der Waals surface area contributed by atoms with Crippen LogP contribution in [0.3, 0.4) is 0 Å². The Bertz CT molecular complexity index is 625. The highest BCUT2D eigenvalue weighted by Crippen LogP contribution is 2.54. The average Bonchev–Trinajstić information content (AvgIpc) is 2.58. The third-order valence-electron chi connectivity index (χ3n) is 7.56. The van der Waals surface area contributed by atoms with Crippen LogP contribution in [0, 0.1) is 0 Å². The topological polar surface area (TPSA) is 9.23 Å². The second kappa shape index (κ2) is 10.3. The van der Waals surface area contributed by atoms with E-state index in [1.807, 2.05) is 0 Å². The predicted molar refractivity (Wildman–Crippen MR) is 141 cm³/mol. The maximum atomic E-state index is 7.04. The van der Waals surface area contributed by atoms with Crippen molar-refractivity contribution in [1.29, 1.82) is 0 Å². The van der Waals surface area contributed by atoms with Gasteiger partial charge in [0.25, 0.3) is 0 Å². The first-order chi connectivity index (χ1) is 13.6. The lowest BCUT2D eigenvalue weighted by Gasteiger charge is -2.51. The van der Waals surface area contributed by atoms with Crippen LogP contribution in [0.4, 0.5) is 0 Å². The van der Waals surface area contributed by atoms with Crippen LogP contribution in [0.15, 0.2) is 42.1 Å². The molecule has 0 bridgehead atoms. The van der Waals surface area contributed by atoms with E-state index in [-0.39, 0.29) is 10.1 Å². The molecule has 0 N–H and O–H groups in total. The van der Waals surface area contributed by atoms with E-state index >= 15 is 0 Å². The Morgan fingerprint density at radius 1 is 0.767 bits per heavy atom. The van der Waals surface area contributed by atoms with Crippen molar-refractivity contribution < 1.29 is 4.43 Å². The van der Waals surface area contributed by atoms with Gasteiger partial charge in [0, 0.05) is 0 Å². The summed E-state index contributed by atoms with van der Waals surface area (Å²) < 4.78 is 7.04. The van der Waals surface area contributed by atoms with Crippen LogP contribution in [0.5, 0.6) is 0 Å². The van der Waals surface area contributed by atoms with Gasteiger partial charge in [0.15, 0.2) is 0 Å². The van der Waals surface area contributed by atoms with Gasteiger partial charge >= 0.3 is 0 Å². The van der Waals surface area contributed by atoms with E-state index in [9.17, 15) is 0 Å². The molecule has 0 aliphatic rings. The van der Waals surface area contributed by atoms with Gasteiger partial charge in [-0.3, -0.25) is 0 Å². The molecule has 1 nitrogen and oxygen atoms in total. The third kappa shape index (κ3) is 5.78. The fourth-order valence-corrected chi connectivity index (χ4v) is 17.3. The van der Waals surface area contributed by atoms with Crippen LogP contribution in [0.25, 0.3) is 0 Å². The van der Waals surface area contributed by atoms with Gasteiger partial charge in [-0.05, 0) is 38.3 Å². The fraction of sp³-hybridized carbons (Fsp3) is 0.704. The van der Waals surface area contributed by atoms with Crippen molar-refractivity contribution in [2.45, 2.75) is 122 Å². The van der Waals surface area contributed by atoms with Crippen LogP contribution < -0.4 is 0 Å². The lowest BCUT2D eigenvalue weighted by atomic mass is 10.2. The van der Waals surface area contributed by atoms with E-state index < -0.39 is 16.4 Å². The lowest BCUT2D eigenvalue weighted by molar-refractivity contribution is 0.247. The van der Waals surface area contributed by atoms with Gasteiger partial charge in [-0.1, -0.05) is 125 Å². The SMILES string of the molecule is CC(C)[Si](/C=C/C[Si](OCc1ccccc1)(C(C)(C)C)C(C)(C)C)(C(C)C)C(C)C. The molecule has 0 heterocycles. The van der Waals surface area contributed by atoms with Gasteiger partial charge in [-0.2, -0.15) is 0 Å². The molecule has 0 atom stereocenters. The molecule has 30 heavy (non-hydrogen) atoms. The molecule has 0 amide bonds. The molecule has 1 aromatic carbocycles. The Hall–Kier alpha value is -0.646.